The fourth-order valence-corrected chi connectivity index (χ4v) is 5.47. The van der Waals surface area contributed by atoms with E-state index in [0.29, 0.717) is 0 Å². The highest BCUT2D eigenvalue weighted by atomic mass is 32.2. The molecule has 2 heterocycles. The van der Waals surface area contributed by atoms with Crippen LogP contribution in [0.2, 0.25) is 0 Å². The Morgan fingerprint density at radius 2 is 2.14 bits per heavy atom. The molecule has 1 fully saturated rings. The number of fused-ring (bicyclic) bond motifs is 3. The number of rotatable bonds is 4. The van der Waals surface area contributed by atoms with Gasteiger partial charge >= 0.3 is 6.03 Å². The fourth-order valence-electron chi connectivity index (χ4n) is 4.60. The van der Waals surface area contributed by atoms with Gasteiger partial charge in [0.25, 0.3) is 0 Å². The molecule has 3 aliphatic carbocycles. The van der Waals surface area contributed by atoms with Crippen molar-refractivity contribution in [2.75, 3.05) is 11.9 Å². The number of nitrogens with two attached hydrogens (primary N) is 1. The van der Waals surface area contributed by atoms with Crippen molar-refractivity contribution in [3.8, 4) is 0 Å². The Morgan fingerprint density at radius 1 is 1.31 bits per heavy atom. The lowest BCUT2D eigenvalue weighted by Gasteiger charge is -2.16. The third-order valence-corrected chi connectivity index (χ3v) is 7.48. The van der Waals surface area contributed by atoms with Crippen molar-refractivity contribution >= 4 is 21.6 Å². The molecule has 154 valence electrons. The predicted octanol–water partition coefficient (Wildman–Crippen LogP) is 1.67. The number of nitrogens with one attached hydrogen (secondary N) is 1. The van der Waals surface area contributed by atoms with Gasteiger partial charge in [-0.1, -0.05) is 0 Å². The summed E-state index contributed by atoms with van der Waals surface area (Å²) >= 11 is 0. The Morgan fingerprint density at radius 3 is 2.90 bits per heavy atom. The zero-order chi connectivity index (χ0) is 20.2. The van der Waals surface area contributed by atoms with Gasteiger partial charge in [-0.05, 0) is 62.1 Å². The number of anilines is 1. The largest absolute Gasteiger partial charge is 0.394 e. The SMILES string of the molecule is NS(=O)(=NC(=O)Nc1c2c(nc3c1CCC31CC1)CCC2)c1ccn(CCO)n1. The van der Waals surface area contributed by atoms with E-state index in [1.165, 1.54) is 10.7 Å². The number of amides is 2. The van der Waals surface area contributed by atoms with E-state index in [2.05, 4.69) is 14.8 Å². The lowest BCUT2D eigenvalue weighted by atomic mass is 10.0. The molecule has 0 radical (unpaired) electrons. The standard InChI is InChI=1S/C19H24N6O3S/c20-29(28,15-5-9-25(23-15)10-11-26)24-18(27)22-16-12-2-1-3-14(12)21-17-13(16)4-6-19(17)7-8-19/h5,9,26H,1-4,6-8,10-11H2,(H3,20,21,22,24,27,28). The molecule has 9 nitrogen and oxygen atoms in total. The summed E-state index contributed by atoms with van der Waals surface area (Å²) in [5.74, 6) is 0. The number of pyridine rings is 1. The lowest BCUT2D eigenvalue weighted by Crippen LogP contribution is -2.20. The second kappa shape index (κ2) is 6.61. The number of aliphatic hydroxyl groups excluding tert-OH is 1. The van der Waals surface area contributed by atoms with Crippen LogP contribution in [0, 0.1) is 0 Å². The second-order valence-electron chi connectivity index (χ2n) is 8.10. The Labute approximate surface area is 169 Å². The molecule has 1 saturated carbocycles. The molecule has 2 aromatic rings. The third kappa shape index (κ3) is 3.15. The van der Waals surface area contributed by atoms with Crippen molar-refractivity contribution in [2.24, 2.45) is 9.50 Å². The van der Waals surface area contributed by atoms with Crippen LogP contribution >= 0.6 is 0 Å². The fraction of sp³-hybridized carbons (Fsp3) is 0.526. The van der Waals surface area contributed by atoms with Crippen LogP contribution < -0.4 is 10.5 Å². The molecule has 10 heteroatoms. The molecule has 1 spiro atoms. The average molecular weight is 417 g/mol. The summed E-state index contributed by atoms with van der Waals surface area (Å²) in [6.45, 7) is 0.142. The number of nitrogens with zero attached hydrogens (tertiary/aromatic N) is 4. The third-order valence-electron chi connectivity index (χ3n) is 6.23. The number of urea groups is 1. The van der Waals surface area contributed by atoms with Gasteiger partial charge in [-0.25, -0.2) is 14.1 Å². The lowest BCUT2D eigenvalue weighted by molar-refractivity contribution is 0.259. The van der Waals surface area contributed by atoms with Gasteiger partial charge in [0, 0.05) is 17.3 Å². The van der Waals surface area contributed by atoms with Crippen LogP contribution in [0.5, 0.6) is 0 Å². The van der Waals surface area contributed by atoms with Gasteiger partial charge in [0.05, 0.1) is 24.5 Å². The molecule has 29 heavy (non-hydrogen) atoms. The maximum absolute atomic E-state index is 12.8. The average Bonchev–Trinajstić information content (AvgIpc) is 3.01. The van der Waals surface area contributed by atoms with Crippen molar-refractivity contribution in [2.45, 2.75) is 61.9 Å². The van der Waals surface area contributed by atoms with Gasteiger partial charge in [0.1, 0.15) is 0 Å². The van der Waals surface area contributed by atoms with Gasteiger partial charge in [-0.2, -0.15) is 5.10 Å². The predicted molar refractivity (Wildman–Crippen MR) is 107 cm³/mol. The molecule has 0 bridgehead atoms. The van der Waals surface area contributed by atoms with Crippen molar-refractivity contribution in [1.82, 2.24) is 14.8 Å². The zero-order valence-corrected chi connectivity index (χ0v) is 16.9. The Bertz CT molecular complexity index is 1130. The van der Waals surface area contributed by atoms with Crippen molar-refractivity contribution < 1.29 is 14.1 Å². The van der Waals surface area contributed by atoms with Crippen LogP contribution in [0.4, 0.5) is 10.5 Å². The molecule has 3 aliphatic rings. The highest BCUT2D eigenvalue weighted by molar-refractivity contribution is 7.91. The minimum atomic E-state index is -3.48. The van der Waals surface area contributed by atoms with Crippen molar-refractivity contribution in [1.29, 1.82) is 0 Å². The smallest absolute Gasteiger partial charge is 0.354 e. The van der Waals surface area contributed by atoms with Gasteiger partial charge < -0.3 is 10.4 Å². The second-order valence-corrected chi connectivity index (χ2v) is 9.84. The minimum absolute atomic E-state index is 0.0169. The zero-order valence-electron chi connectivity index (χ0n) is 16.1. The van der Waals surface area contributed by atoms with E-state index in [-0.39, 0.29) is 23.6 Å². The molecular formula is C19H24N6O3S. The first-order valence-electron chi connectivity index (χ1n) is 9.97. The van der Waals surface area contributed by atoms with Crippen LogP contribution in [-0.2, 0) is 41.1 Å². The van der Waals surface area contributed by atoms with Crippen molar-refractivity contribution in [3.63, 3.8) is 0 Å². The van der Waals surface area contributed by atoms with E-state index in [9.17, 15) is 9.00 Å². The summed E-state index contributed by atoms with van der Waals surface area (Å²) in [5, 5.41) is 21.8. The molecule has 2 amide bonds. The van der Waals surface area contributed by atoms with Crippen LogP contribution in [-0.4, -0.2) is 36.7 Å². The molecule has 5 rings (SSSR count). The van der Waals surface area contributed by atoms with Gasteiger partial charge in [0.15, 0.2) is 14.9 Å². The first-order chi connectivity index (χ1) is 13.9. The number of carbonyl (C=O) groups excluding carboxylic acids is 1. The van der Waals surface area contributed by atoms with Gasteiger partial charge in [-0.15, -0.1) is 4.36 Å². The van der Waals surface area contributed by atoms with Crippen molar-refractivity contribution in [3.05, 3.63) is 34.8 Å². The number of aliphatic hydroxyl groups is 1. The van der Waals surface area contributed by atoms with E-state index in [4.69, 9.17) is 15.2 Å². The summed E-state index contributed by atoms with van der Waals surface area (Å²) in [7, 11) is -3.48. The van der Waals surface area contributed by atoms with Gasteiger partial charge in [0.2, 0.25) is 0 Å². The summed E-state index contributed by atoms with van der Waals surface area (Å²) in [6, 6.07) is 0.724. The van der Waals surface area contributed by atoms with Crippen LogP contribution in [0.1, 0.15) is 48.2 Å². The number of aryl methyl sites for hydroxylation is 1. The molecule has 0 aliphatic heterocycles. The molecule has 1 atom stereocenters. The van der Waals surface area contributed by atoms with E-state index >= 15 is 0 Å². The first-order valence-corrected chi connectivity index (χ1v) is 11.5. The maximum Gasteiger partial charge on any atom is 0.354 e. The first kappa shape index (κ1) is 18.7. The number of hydrogen-bond acceptors (Lipinski definition) is 5. The monoisotopic (exact) mass is 416 g/mol. The van der Waals surface area contributed by atoms with Gasteiger partial charge in [-0.3, -0.25) is 9.67 Å². The van der Waals surface area contributed by atoms with E-state index in [1.54, 1.807) is 6.20 Å². The van der Waals surface area contributed by atoms with E-state index in [1.807, 2.05) is 0 Å². The highest BCUT2D eigenvalue weighted by Crippen LogP contribution is 2.58. The molecule has 0 saturated heterocycles. The summed E-state index contributed by atoms with van der Waals surface area (Å²) in [6.07, 6.45) is 8.67. The Hall–Kier alpha value is -2.30. The summed E-state index contributed by atoms with van der Waals surface area (Å²) < 4.78 is 17.9. The summed E-state index contributed by atoms with van der Waals surface area (Å²) in [5.41, 5.74) is 5.43. The summed E-state index contributed by atoms with van der Waals surface area (Å²) in [4.78, 5) is 17.6. The molecule has 1 unspecified atom stereocenters. The molecule has 2 aromatic heterocycles. The molecular weight excluding hydrogens is 392 g/mol. The number of aromatic nitrogens is 3. The van der Waals surface area contributed by atoms with Crippen LogP contribution in [0.15, 0.2) is 21.7 Å². The Balaban J connectivity index is 1.47. The molecule has 4 N–H and O–H groups in total. The normalized spacial score (nSPS) is 20.2. The van der Waals surface area contributed by atoms with E-state index < -0.39 is 15.9 Å². The Kier molecular flexibility index (Phi) is 4.27. The maximum atomic E-state index is 12.8. The minimum Gasteiger partial charge on any atom is -0.394 e. The quantitative estimate of drug-likeness (QED) is 0.697. The van der Waals surface area contributed by atoms with Crippen LogP contribution in [0.25, 0.3) is 0 Å². The number of hydrogen-bond donors (Lipinski definition) is 3. The number of carbonyl (C=O) groups is 1. The topological polar surface area (TPSA) is 135 Å². The van der Waals surface area contributed by atoms with Crippen LogP contribution in [0.3, 0.4) is 0 Å². The molecule has 0 aromatic carbocycles. The highest BCUT2D eigenvalue weighted by Gasteiger charge is 2.51. The van der Waals surface area contributed by atoms with E-state index in [0.717, 1.165) is 73.1 Å².